The number of aromatic nitrogens is 12. The minimum Gasteiger partial charge on any atom is -0.294 e. The molecule has 144 heavy (non-hydrogen) atoms. The number of nitrogens with one attached hydrogen (secondary N) is 1. The third-order valence-corrected chi connectivity index (χ3v) is 28.8. The lowest BCUT2D eigenvalue weighted by Crippen LogP contribution is -2.25. The Balaban J connectivity index is 0.000000105. The van der Waals surface area contributed by atoms with Gasteiger partial charge in [-0.1, -0.05) is 388 Å². The molecule has 0 unspecified atom stereocenters. The van der Waals surface area contributed by atoms with Crippen molar-refractivity contribution in [3.63, 3.8) is 0 Å². The summed E-state index contributed by atoms with van der Waals surface area (Å²) in [6.45, 7) is 0. The van der Waals surface area contributed by atoms with Gasteiger partial charge in [0.1, 0.15) is 34.6 Å². The van der Waals surface area contributed by atoms with Crippen molar-refractivity contribution in [3.8, 4) is 119 Å². The molecule has 0 fully saturated rings. The highest BCUT2D eigenvalue weighted by Crippen LogP contribution is 2.48. The molecule has 18 aromatic carbocycles. The summed E-state index contributed by atoms with van der Waals surface area (Å²) in [4.78, 5) is 29.4. The molecule has 0 aliphatic heterocycles. The number of hydrogen-bond acceptors (Lipinski definition) is 5. The first kappa shape index (κ1) is 82.7. The molecule has 12 heteroatoms. The normalized spacial score (nSPS) is 11.8. The van der Waals surface area contributed by atoms with Crippen LogP contribution >= 0.6 is 0 Å². The van der Waals surface area contributed by atoms with Gasteiger partial charge in [0.25, 0.3) is 5.82 Å². The molecule has 12 heterocycles. The molecule has 672 valence electrons. The Hall–Kier alpha value is -19.6. The van der Waals surface area contributed by atoms with Crippen molar-refractivity contribution in [2.24, 2.45) is 0 Å². The summed E-state index contributed by atoms with van der Waals surface area (Å²) >= 11 is 0. The molecule has 0 bridgehead atoms. The Bertz CT molecular complexity index is 10200. The second-order valence-corrected chi connectivity index (χ2v) is 36.8. The highest BCUT2D eigenvalue weighted by molar-refractivity contribution is 6.26. The molecule has 30 rings (SSSR count). The maximum Gasteiger partial charge on any atom is 0.292 e. The van der Waals surface area contributed by atoms with Gasteiger partial charge < -0.3 is 0 Å². The highest BCUT2D eigenvalue weighted by atomic mass is 15.1. The summed E-state index contributed by atoms with van der Waals surface area (Å²) in [6, 6.07) is 175. The maximum atomic E-state index is 5.48. The monoisotopic (exact) mass is 1840 g/mol. The van der Waals surface area contributed by atoms with Crippen LogP contribution in [0.25, 0.3) is 266 Å². The second-order valence-electron chi connectivity index (χ2n) is 36.8. The predicted molar refractivity (Wildman–Crippen MR) is 595 cm³/mol. The average Bonchev–Trinajstić information content (AvgIpc) is 1.54. The zero-order chi connectivity index (χ0) is 94.8. The zero-order valence-corrected chi connectivity index (χ0v) is 77.9. The number of H-pyrrole nitrogens is 1. The van der Waals surface area contributed by atoms with Gasteiger partial charge in [-0.15, -0.1) is 0 Å². The Morgan fingerprint density at radius 2 is 0.472 bits per heavy atom. The van der Waals surface area contributed by atoms with E-state index in [0.717, 1.165) is 152 Å². The number of para-hydroxylation sites is 3. The standard InChI is InChI=1S/3C44H28N4/c1-3-13-29(14-4-1)30-22-24-32(25-23-30)44-46-40(31-15-5-2-6-16-31)41-35-19-8-7-17-33(35)36-26-27-37-34-18-9-10-20-38(34)47(39-21-11-12-28-45-39)42(37)43(36)48(41)44;1-3-13-29(14-4-1)30-22-24-32(25-23-30)44-46-42(31-15-5-2-6-16-31)43-35-19-8-7-17-33(35)36-27-39-37(28-40(36)48(43)44)34-18-9-10-20-38(34)47(39)41-21-11-12-26-45-41;1-3-13-29(14-4-1)30-22-24-32(25-23-30)44-46-42(31-15-5-2-6-16-31)43-35-19-8-7-17-33(35)36-27-37-34-18-9-10-20-38(34)47(41-21-11-12-26-45-41)39(37)28-40(36)48(43)44/h3*1-28H/p+1. The zero-order valence-electron chi connectivity index (χ0n) is 77.9. The Kier molecular flexibility index (Phi) is 19.7. The third kappa shape index (κ3) is 13.5. The maximum absolute atomic E-state index is 5.48. The van der Waals surface area contributed by atoms with Crippen LogP contribution in [0.2, 0.25) is 0 Å². The van der Waals surface area contributed by atoms with Gasteiger partial charge in [-0.05, 0) is 153 Å². The molecular formula is C132H85N12+. The number of imidazole rings is 3. The number of fused-ring (bicyclic) bond motifs is 28. The van der Waals surface area contributed by atoms with Crippen LogP contribution in [0.5, 0.6) is 0 Å². The summed E-state index contributed by atoms with van der Waals surface area (Å²) in [7, 11) is 0. The van der Waals surface area contributed by atoms with E-state index in [1.807, 2.05) is 36.8 Å². The summed E-state index contributed by atoms with van der Waals surface area (Å²) in [5, 5.41) is 17.9. The third-order valence-electron chi connectivity index (χ3n) is 28.8. The van der Waals surface area contributed by atoms with Gasteiger partial charge in [0.15, 0.2) is 16.7 Å². The number of hydrogen-bond donors (Lipinski definition) is 1. The Labute approximate surface area is 826 Å². The minimum atomic E-state index is 0.894. The van der Waals surface area contributed by atoms with E-state index in [1.54, 1.807) is 0 Å². The molecule has 0 atom stereocenters. The van der Waals surface area contributed by atoms with Gasteiger partial charge in [0.2, 0.25) is 0 Å². The lowest BCUT2D eigenvalue weighted by molar-refractivity contribution is -0.465. The van der Waals surface area contributed by atoms with Gasteiger partial charge in [0, 0.05) is 111 Å². The van der Waals surface area contributed by atoms with E-state index < -0.39 is 0 Å². The molecule has 0 aliphatic rings. The van der Waals surface area contributed by atoms with E-state index in [2.05, 4.69) is 505 Å². The van der Waals surface area contributed by atoms with Crippen molar-refractivity contribution in [2.75, 3.05) is 0 Å². The van der Waals surface area contributed by atoms with Crippen LogP contribution in [0.4, 0.5) is 0 Å². The van der Waals surface area contributed by atoms with E-state index in [1.165, 1.54) is 114 Å². The summed E-state index contributed by atoms with van der Waals surface area (Å²) < 4.78 is 14.2. The van der Waals surface area contributed by atoms with E-state index >= 15 is 0 Å². The first-order valence-electron chi connectivity index (χ1n) is 48.8. The quantitative estimate of drug-likeness (QED) is 0.0968. The molecule has 0 spiro atoms. The van der Waals surface area contributed by atoms with Crippen molar-refractivity contribution in [2.45, 2.75) is 0 Å². The molecule has 0 saturated carbocycles. The van der Waals surface area contributed by atoms with Crippen LogP contribution in [0, 0.1) is 0 Å². The molecule has 1 N–H and O–H groups in total. The fraction of sp³-hybridized carbons (Fsp3) is 0. The fourth-order valence-corrected chi connectivity index (χ4v) is 22.3. The largest absolute Gasteiger partial charge is 0.294 e. The van der Waals surface area contributed by atoms with Gasteiger partial charge in [-0.2, -0.15) is 4.40 Å². The SMILES string of the molecule is c1ccc(-c2ccc(-c3[nH]c(-c4ccccc4)c4c5ccccc5c5ccc6c7ccccc7n(-c7ccccn7)c6c5[n+]34)cc2)cc1.c1ccc(-c2ccc(-c3nc(-c4ccccc4)c4c5ccccc5c5cc6c(cc5n34)c3ccccc3n6-c3ccccn3)cc2)cc1.c1ccc(-c2ccc(-c3nc(-c4ccccc4)c4c5ccccc5c5cc6c7ccccc7n(-c7ccccn7)c6cc5n34)cc2)cc1. The molecule has 12 aromatic heterocycles. The number of nitrogens with zero attached hydrogens (tertiary/aromatic N) is 11. The van der Waals surface area contributed by atoms with Crippen molar-refractivity contribution in [1.82, 2.24) is 52.4 Å². The average molecular weight is 1840 g/mol. The van der Waals surface area contributed by atoms with E-state index in [0.29, 0.717) is 0 Å². The molecule has 0 aliphatic carbocycles. The van der Waals surface area contributed by atoms with Gasteiger partial charge >= 0.3 is 0 Å². The number of benzene rings is 18. The molecule has 12 nitrogen and oxygen atoms in total. The van der Waals surface area contributed by atoms with Crippen molar-refractivity contribution in [3.05, 3.63) is 510 Å². The first-order chi connectivity index (χ1) is 71.5. The van der Waals surface area contributed by atoms with Crippen LogP contribution in [-0.2, 0) is 0 Å². The highest BCUT2D eigenvalue weighted by Gasteiger charge is 2.32. The molecular weight excluding hydrogens is 1750 g/mol. The van der Waals surface area contributed by atoms with Crippen LogP contribution < -0.4 is 4.40 Å². The smallest absolute Gasteiger partial charge is 0.292 e. The minimum absolute atomic E-state index is 0.894. The van der Waals surface area contributed by atoms with Crippen molar-refractivity contribution in [1.29, 1.82) is 0 Å². The molecule has 0 amide bonds. The van der Waals surface area contributed by atoms with E-state index in [9.17, 15) is 0 Å². The van der Waals surface area contributed by atoms with Crippen molar-refractivity contribution < 1.29 is 4.40 Å². The number of aromatic amines is 1. The first-order valence-corrected chi connectivity index (χ1v) is 48.8. The topological polar surface area (TPSA) is 108 Å². The van der Waals surface area contributed by atoms with E-state index in [-0.39, 0.29) is 0 Å². The van der Waals surface area contributed by atoms with Crippen molar-refractivity contribution >= 4 is 147 Å². The summed E-state index contributed by atoms with van der Waals surface area (Å²) in [5.41, 5.74) is 30.3. The van der Waals surface area contributed by atoms with E-state index in [4.69, 9.17) is 24.9 Å². The van der Waals surface area contributed by atoms with Gasteiger partial charge in [0.05, 0.1) is 66.6 Å². The molecule has 0 radical (unpaired) electrons. The molecule has 0 saturated heterocycles. The summed E-state index contributed by atoms with van der Waals surface area (Å²) in [5.74, 6) is 5.57. The lowest BCUT2D eigenvalue weighted by Gasteiger charge is -2.13. The Morgan fingerprint density at radius 3 is 0.917 bits per heavy atom. The van der Waals surface area contributed by atoms with Crippen LogP contribution in [0.1, 0.15) is 0 Å². The second kappa shape index (κ2) is 34.3. The Morgan fingerprint density at radius 1 is 0.181 bits per heavy atom. The number of pyridine rings is 6. The number of rotatable bonds is 12. The van der Waals surface area contributed by atoms with Crippen LogP contribution in [0.15, 0.2) is 510 Å². The molecule has 30 aromatic rings. The van der Waals surface area contributed by atoms with Gasteiger partial charge in [-0.25, -0.2) is 29.9 Å². The van der Waals surface area contributed by atoms with Crippen LogP contribution in [-0.4, -0.2) is 52.4 Å². The lowest BCUT2D eigenvalue weighted by atomic mass is 10.00. The fourth-order valence-electron chi connectivity index (χ4n) is 22.3. The summed E-state index contributed by atoms with van der Waals surface area (Å²) in [6.07, 6.45) is 5.60. The van der Waals surface area contributed by atoms with Crippen LogP contribution in [0.3, 0.4) is 0 Å². The predicted octanol–water partition coefficient (Wildman–Crippen LogP) is 32.8. The van der Waals surface area contributed by atoms with Gasteiger partial charge in [-0.3, -0.25) is 22.5 Å².